The Morgan fingerprint density at radius 1 is 1.00 bits per heavy atom. The highest BCUT2D eigenvalue weighted by atomic mass is 19.1. The number of nitrogens with zero attached hydrogens (tertiary/aromatic N) is 4. The highest BCUT2D eigenvalue weighted by Gasteiger charge is 2.20. The van der Waals surface area contributed by atoms with Crippen molar-refractivity contribution in [2.45, 2.75) is 53.4 Å². The fourth-order valence-electron chi connectivity index (χ4n) is 4.16. The first-order valence-corrected chi connectivity index (χ1v) is 11.2. The number of ether oxygens (including phenoxy) is 1. The zero-order chi connectivity index (χ0) is 23.5. The fourth-order valence-corrected chi connectivity index (χ4v) is 4.16. The second-order valence-electron chi connectivity index (χ2n) is 8.26. The van der Waals surface area contributed by atoms with Crippen LogP contribution >= 0.6 is 0 Å². The van der Waals surface area contributed by atoms with Crippen molar-refractivity contribution in [3.63, 3.8) is 0 Å². The van der Waals surface area contributed by atoms with Crippen molar-refractivity contribution in [2.75, 3.05) is 7.11 Å². The number of benzene rings is 2. The lowest BCUT2D eigenvalue weighted by Crippen LogP contribution is -2.06. The Bertz CT molecular complexity index is 1230. The normalized spacial score (nSPS) is 11.2. The van der Waals surface area contributed by atoms with Gasteiger partial charge in [-0.25, -0.2) is 14.1 Å². The molecule has 0 saturated heterocycles. The van der Waals surface area contributed by atoms with E-state index in [1.54, 1.807) is 6.07 Å². The number of methoxy groups -OCH3 is 1. The number of hydrogen-bond donors (Lipinski definition) is 0. The maximum atomic E-state index is 14.2. The maximum absolute atomic E-state index is 14.2. The third-order valence-electron chi connectivity index (χ3n) is 5.69. The van der Waals surface area contributed by atoms with Gasteiger partial charge in [-0.2, -0.15) is 5.10 Å². The molecule has 172 valence electrons. The van der Waals surface area contributed by atoms with Gasteiger partial charge >= 0.3 is 0 Å². The molecule has 0 unspecified atom stereocenters. The van der Waals surface area contributed by atoms with Gasteiger partial charge in [0, 0.05) is 24.8 Å². The van der Waals surface area contributed by atoms with Gasteiger partial charge < -0.3 is 9.26 Å². The van der Waals surface area contributed by atoms with E-state index in [2.05, 4.69) is 51.1 Å². The average Bonchev–Trinajstić information content (AvgIpc) is 3.36. The lowest BCUT2D eigenvalue weighted by Gasteiger charge is -2.09. The molecule has 0 aliphatic carbocycles. The molecule has 0 N–H and O–H groups in total. The van der Waals surface area contributed by atoms with Crippen molar-refractivity contribution in [2.24, 2.45) is 0 Å². The van der Waals surface area contributed by atoms with E-state index in [4.69, 9.17) is 19.3 Å². The molecule has 0 aliphatic rings. The van der Waals surface area contributed by atoms with Gasteiger partial charge in [0.15, 0.2) is 17.4 Å². The molecule has 2 aromatic heterocycles. The molecule has 7 heteroatoms. The molecule has 6 nitrogen and oxygen atoms in total. The van der Waals surface area contributed by atoms with Crippen LogP contribution in [0.3, 0.4) is 0 Å². The molecular weight excluding hydrogens is 419 g/mol. The minimum absolute atomic E-state index is 0.222. The summed E-state index contributed by atoms with van der Waals surface area (Å²) >= 11 is 0. The standard InChI is InChI=1S/C26H29FN4O2/c1-6-22-20(23(7-2)33-30-22)15-26-28-25(14-18-8-9-24(32-5)21(27)13-18)29-31(26)19-11-16(3)10-17(4)12-19/h8-13H,6-7,14-15H2,1-5H3. The molecule has 33 heavy (non-hydrogen) atoms. The Morgan fingerprint density at radius 3 is 2.39 bits per heavy atom. The van der Waals surface area contributed by atoms with Crippen molar-refractivity contribution in [1.29, 1.82) is 0 Å². The molecule has 0 aliphatic heterocycles. The van der Waals surface area contributed by atoms with Gasteiger partial charge in [0.2, 0.25) is 0 Å². The fraction of sp³-hybridized carbons (Fsp3) is 0.346. The summed E-state index contributed by atoms with van der Waals surface area (Å²) in [6.45, 7) is 8.26. The van der Waals surface area contributed by atoms with Gasteiger partial charge in [-0.05, 0) is 61.2 Å². The lowest BCUT2D eigenvalue weighted by molar-refractivity contribution is 0.380. The number of hydrogen-bond acceptors (Lipinski definition) is 5. The molecule has 2 aromatic carbocycles. The van der Waals surface area contributed by atoms with Crippen molar-refractivity contribution in [1.82, 2.24) is 19.9 Å². The van der Waals surface area contributed by atoms with E-state index >= 15 is 0 Å². The Morgan fingerprint density at radius 2 is 1.76 bits per heavy atom. The van der Waals surface area contributed by atoms with Crippen LogP contribution in [0.5, 0.6) is 5.75 Å². The highest BCUT2D eigenvalue weighted by molar-refractivity contribution is 5.41. The summed E-state index contributed by atoms with van der Waals surface area (Å²) < 4.78 is 26.7. The van der Waals surface area contributed by atoms with Gasteiger partial charge in [0.25, 0.3) is 0 Å². The summed E-state index contributed by atoms with van der Waals surface area (Å²) in [6, 6.07) is 11.3. The molecule has 4 rings (SSSR count). The average molecular weight is 449 g/mol. The van der Waals surface area contributed by atoms with E-state index in [1.807, 2.05) is 10.7 Å². The van der Waals surface area contributed by atoms with Crippen LogP contribution in [0.2, 0.25) is 0 Å². The third kappa shape index (κ3) is 4.82. The smallest absolute Gasteiger partial charge is 0.165 e. The van der Waals surface area contributed by atoms with Crippen LogP contribution in [0.15, 0.2) is 40.9 Å². The minimum atomic E-state index is -0.395. The molecule has 2 heterocycles. The highest BCUT2D eigenvalue weighted by Crippen LogP contribution is 2.24. The molecule has 0 amide bonds. The molecule has 0 saturated carbocycles. The predicted octanol–water partition coefficient (Wildman–Crippen LogP) is 5.33. The maximum Gasteiger partial charge on any atom is 0.165 e. The quantitative estimate of drug-likeness (QED) is 0.365. The van der Waals surface area contributed by atoms with Gasteiger partial charge in [0.1, 0.15) is 11.6 Å². The monoisotopic (exact) mass is 448 g/mol. The van der Waals surface area contributed by atoms with Crippen LogP contribution in [-0.2, 0) is 25.7 Å². The number of rotatable bonds is 8. The second kappa shape index (κ2) is 9.57. The SMILES string of the molecule is CCc1noc(CC)c1Cc1nc(Cc2ccc(OC)c(F)c2)nn1-c1cc(C)cc(C)c1. The Labute approximate surface area is 193 Å². The number of aryl methyl sites for hydroxylation is 4. The molecule has 0 fully saturated rings. The Hall–Kier alpha value is -3.48. The number of halogens is 1. The van der Waals surface area contributed by atoms with Crippen molar-refractivity contribution in [3.8, 4) is 11.4 Å². The van der Waals surface area contributed by atoms with E-state index in [-0.39, 0.29) is 5.75 Å². The Kier molecular flexibility index (Phi) is 6.58. The second-order valence-corrected chi connectivity index (χ2v) is 8.26. The van der Waals surface area contributed by atoms with Crippen molar-refractivity contribution >= 4 is 0 Å². The first-order valence-electron chi connectivity index (χ1n) is 11.2. The van der Waals surface area contributed by atoms with E-state index < -0.39 is 5.82 Å². The molecule has 0 spiro atoms. The van der Waals surface area contributed by atoms with Crippen molar-refractivity contribution < 1.29 is 13.7 Å². The molecular formula is C26H29FN4O2. The molecule has 0 radical (unpaired) electrons. The predicted molar refractivity (Wildman–Crippen MR) is 125 cm³/mol. The van der Waals surface area contributed by atoms with Crippen LogP contribution in [0.1, 0.15) is 59.2 Å². The van der Waals surface area contributed by atoms with Gasteiger partial charge in [-0.15, -0.1) is 0 Å². The van der Waals surface area contributed by atoms with Gasteiger partial charge in [0.05, 0.1) is 18.5 Å². The summed E-state index contributed by atoms with van der Waals surface area (Å²) in [7, 11) is 1.46. The topological polar surface area (TPSA) is 66.0 Å². The van der Waals surface area contributed by atoms with E-state index in [0.29, 0.717) is 18.7 Å². The van der Waals surface area contributed by atoms with E-state index in [9.17, 15) is 4.39 Å². The third-order valence-corrected chi connectivity index (χ3v) is 5.69. The molecule has 0 atom stereocenters. The van der Waals surface area contributed by atoms with Crippen LogP contribution < -0.4 is 4.74 Å². The first-order chi connectivity index (χ1) is 15.9. The largest absolute Gasteiger partial charge is 0.494 e. The Balaban J connectivity index is 1.76. The van der Waals surface area contributed by atoms with Crippen LogP contribution in [0.25, 0.3) is 5.69 Å². The summed E-state index contributed by atoms with van der Waals surface area (Å²) in [5, 5.41) is 9.07. The summed E-state index contributed by atoms with van der Waals surface area (Å²) in [5.41, 5.74) is 6.05. The summed E-state index contributed by atoms with van der Waals surface area (Å²) in [5.74, 6) is 2.13. The zero-order valence-electron chi connectivity index (χ0n) is 19.8. The molecule has 0 bridgehead atoms. The zero-order valence-corrected chi connectivity index (χ0v) is 19.8. The number of aromatic nitrogens is 4. The first kappa shape index (κ1) is 22.7. The molecule has 4 aromatic rings. The minimum Gasteiger partial charge on any atom is -0.494 e. The van der Waals surface area contributed by atoms with Crippen LogP contribution in [-0.4, -0.2) is 27.0 Å². The van der Waals surface area contributed by atoms with Gasteiger partial charge in [-0.1, -0.05) is 31.1 Å². The van der Waals surface area contributed by atoms with E-state index in [1.165, 1.54) is 13.2 Å². The summed E-state index contributed by atoms with van der Waals surface area (Å²) in [6.07, 6.45) is 2.52. The van der Waals surface area contributed by atoms with E-state index in [0.717, 1.165) is 58.1 Å². The van der Waals surface area contributed by atoms with Crippen LogP contribution in [0, 0.1) is 19.7 Å². The lowest BCUT2D eigenvalue weighted by atomic mass is 10.1. The van der Waals surface area contributed by atoms with Crippen LogP contribution in [0.4, 0.5) is 4.39 Å². The summed E-state index contributed by atoms with van der Waals surface area (Å²) in [4.78, 5) is 4.87. The van der Waals surface area contributed by atoms with Crippen molar-refractivity contribution in [3.05, 3.63) is 87.6 Å². The van der Waals surface area contributed by atoms with Gasteiger partial charge in [-0.3, -0.25) is 0 Å².